The number of pyridine rings is 1. The van der Waals surface area contributed by atoms with Gasteiger partial charge in [0.2, 0.25) is 0 Å². The first kappa shape index (κ1) is 16.4. The van der Waals surface area contributed by atoms with Gasteiger partial charge in [-0.3, -0.25) is 9.78 Å². The third-order valence-electron chi connectivity index (χ3n) is 4.96. The molecule has 1 atom stereocenters. The van der Waals surface area contributed by atoms with Gasteiger partial charge >= 0.3 is 0 Å². The molecule has 0 aromatic carbocycles. The van der Waals surface area contributed by atoms with Crippen LogP contribution in [0.15, 0.2) is 18.3 Å². The van der Waals surface area contributed by atoms with Crippen molar-refractivity contribution in [3.05, 3.63) is 29.6 Å². The molecule has 1 aromatic heterocycles. The van der Waals surface area contributed by atoms with E-state index in [0.717, 1.165) is 63.7 Å². The minimum absolute atomic E-state index is 0.121. The number of nitrogens with one attached hydrogen (secondary N) is 1. The predicted octanol–water partition coefficient (Wildman–Crippen LogP) is 2.01. The molecule has 5 heteroatoms. The van der Waals surface area contributed by atoms with Crippen LogP contribution in [0.2, 0.25) is 0 Å². The zero-order chi connectivity index (χ0) is 16.1. The van der Waals surface area contributed by atoms with Gasteiger partial charge in [-0.15, -0.1) is 0 Å². The summed E-state index contributed by atoms with van der Waals surface area (Å²) in [6.45, 7) is 6.46. The topological polar surface area (TPSA) is 54.5 Å². The summed E-state index contributed by atoms with van der Waals surface area (Å²) in [4.78, 5) is 18.7. The molecular weight excluding hydrogens is 290 g/mol. The van der Waals surface area contributed by atoms with Crippen LogP contribution < -0.4 is 5.32 Å². The Labute approximate surface area is 138 Å². The summed E-state index contributed by atoms with van der Waals surface area (Å²) in [5.74, 6) is 0.844. The van der Waals surface area contributed by atoms with Gasteiger partial charge in [-0.1, -0.05) is 0 Å². The highest BCUT2D eigenvalue weighted by Crippen LogP contribution is 2.24. The van der Waals surface area contributed by atoms with E-state index in [-0.39, 0.29) is 5.91 Å². The van der Waals surface area contributed by atoms with E-state index in [1.807, 2.05) is 24.0 Å². The van der Waals surface area contributed by atoms with Crippen molar-refractivity contribution >= 4 is 5.91 Å². The van der Waals surface area contributed by atoms with E-state index in [1.165, 1.54) is 6.42 Å². The number of carbonyl (C=O) groups is 1. The molecular formula is C18H27N3O2. The number of amides is 1. The van der Waals surface area contributed by atoms with Crippen molar-refractivity contribution in [3.63, 3.8) is 0 Å². The number of hydrogen-bond acceptors (Lipinski definition) is 4. The summed E-state index contributed by atoms with van der Waals surface area (Å²) in [5.41, 5.74) is 1.65. The molecule has 2 fully saturated rings. The Kier molecular flexibility index (Phi) is 5.62. The number of carbonyl (C=O) groups excluding carboxylic acids is 1. The molecule has 5 nitrogen and oxygen atoms in total. The molecule has 3 heterocycles. The second-order valence-corrected chi connectivity index (χ2v) is 6.70. The second-order valence-electron chi connectivity index (χ2n) is 6.70. The maximum Gasteiger partial charge on any atom is 0.255 e. The van der Waals surface area contributed by atoms with Crippen LogP contribution in [0, 0.1) is 12.8 Å². The van der Waals surface area contributed by atoms with Crippen LogP contribution in [0.1, 0.15) is 41.7 Å². The summed E-state index contributed by atoms with van der Waals surface area (Å²) in [5, 5.41) is 3.38. The molecule has 1 unspecified atom stereocenters. The second kappa shape index (κ2) is 7.88. The Morgan fingerprint density at radius 3 is 2.83 bits per heavy atom. The Bertz CT molecular complexity index is 504. The molecule has 1 aromatic rings. The third-order valence-corrected chi connectivity index (χ3v) is 4.96. The average molecular weight is 317 g/mol. The highest BCUT2D eigenvalue weighted by atomic mass is 16.5. The highest BCUT2D eigenvalue weighted by Gasteiger charge is 2.24. The first-order valence-corrected chi connectivity index (χ1v) is 8.76. The number of nitrogens with zero attached hydrogens (tertiary/aromatic N) is 2. The van der Waals surface area contributed by atoms with Gasteiger partial charge in [0.05, 0.1) is 18.3 Å². The first-order valence-electron chi connectivity index (χ1n) is 8.76. The fourth-order valence-corrected chi connectivity index (χ4v) is 3.43. The Balaban J connectivity index is 1.42. The van der Waals surface area contributed by atoms with Crippen LogP contribution in [-0.2, 0) is 4.74 Å². The SMILES string of the molecule is Cc1ccc(C(=O)N2CCC(CCC3CNCCO3)CC2)cn1. The first-order chi connectivity index (χ1) is 11.2. The molecule has 0 spiro atoms. The van der Waals surface area contributed by atoms with Gasteiger partial charge in [-0.25, -0.2) is 0 Å². The molecule has 0 saturated carbocycles. The summed E-state index contributed by atoms with van der Waals surface area (Å²) in [7, 11) is 0. The average Bonchev–Trinajstić information content (AvgIpc) is 2.61. The van der Waals surface area contributed by atoms with Gasteiger partial charge in [0.15, 0.2) is 0 Å². The number of ether oxygens (including phenoxy) is 1. The van der Waals surface area contributed by atoms with Crippen LogP contribution in [0.3, 0.4) is 0 Å². The zero-order valence-electron chi connectivity index (χ0n) is 14.0. The van der Waals surface area contributed by atoms with E-state index in [9.17, 15) is 4.79 Å². The number of aromatic nitrogens is 1. The van der Waals surface area contributed by atoms with Crippen molar-refractivity contribution in [2.24, 2.45) is 5.92 Å². The fraction of sp³-hybridized carbons (Fsp3) is 0.667. The molecule has 2 aliphatic heterocycles. The summed E-state index contributed by atoms with van der Waals surface area (Å²) >= 11 is 0. The summed E-state index contributed by atoms with van der Waals surface area (Å²) < 4.78 is 5.76. The third kappa shape index (κ3) is 4.52. The lowest BCUT2D eigenvalue weighted by molar-refractivity contribution is 0.0175. The van der Waals surface area contributed by atoms with Crippen molar-refractivity contribution in [1.82, 2.24) is 15.2 Å². The Morgan fingerprint density at radius 2 is 2.17 bits per heavy atom. The van der Waals surface area contributed by atoms with Crippen LogP contribution in [0.4, 0.5) is 0 Å². The van der Waals surface area contributed by atoms with E-state index < -0.39 is 0 Å². The Hall–Kier alpha value is -1.46. The molecule has 1 N–H and O–H groups in total. The van der Waals surface area contributed by atoms with Crippen LogP contribution in [0.25, 0.3) is 0 Å². The lowest BCUT2D eigenvalue weighted by Gasteiger charge is -2.33. The largest absolute Gasteiger partial charge is 0.376 e. The monoisotopic (exact) mass is 317 g/mol. The minimum Gasteiger partial charge on any atom is -0.376 e. The minimum atomic E-state index is 0.121. The normalized spacial score (nSPS) is 23.0. The zero-order valence-corrected chi connectivity index (χ0v) is 14.0. The quantitative estimate of drug-likeness (QED) is 0.923. The van der Waals surface area contributed by atoms with E-state index >= 15 is 0 Å². The maximum atomic E-state index is 12.5. The molecule has 126 valence electrons. The van der Waals surface area contributed by atoms with Crippen LogP contribution in [-0.4, -0.2) is 54.7 Å². The van der Waals surface area contributed by atoms with Crippen LogP contribution >= 0.6 is 0 Å². The van der Waals surface area contributed by atoms with Crippen LogP contribution in [0.5, 0.6) is 0 Å². The van der Waals surface area contributed by atoms with E-state index in [4.69, 9.17) is 4.74 Å². The number of likely N-dealkylation sites (tertiary alicyclic amines) is 1. The van der Waals surface area contributed by atoms with Crippen molar-refractivity contribution in [1.29, 1.82) is 0 Å². The van der Waals surface area contributed by atoms with E-state index in [2.05, 4.69) is 10.3 Å². The van der Waals surface area contributed by atoms with Crippen molar-refractivity contribution in [2.45, 2.75) is 38.7 Å². The molecule has 23 heavy (non-hydrogen) atoms. The summed E-state index contributed by atoms with van der Waals surface area (Å²) in [6.07, 6.45) is 6.61. The van der Waals surface area contributed by atoms with Gasteiger partial charge in [0.25, 0.3) is 5.91 Å². The molecule has 3 rings (SSSR count). The molecule has 1 amide bonds. The molecule has 0 aliphatic carbocycles. The number of rotatable bonds is 4. The van der Waals surface area contributed by atoms with E-state index in [0.29, 0.717) is 11.7 Å². The van der Waals surface area contributed by atoms with Gasteiger partial charge in [0.1, 0.15) is 0 Å². The molecule has 2 saturated heterocycles. The number of piperidine rings is 1. The number of aryl methyl sites for hydroxylation is 1. The lowest BCUT2D eigenvalue weighted by Crippen LogP contribution is -2.40. The Morgan fingerprint density at radius 1 is 1.35 bits per heavy atom. The van der Waals surface area contributed by atoms with Gasteiger partial charge in [-0.2, -0.15) is 0 Å². The van der Waals surface area contributed by atoms with Gasteiger partial charge in [-0.05, 0) is 50.7 Å². The van der Waals surface area contributed by atoms with Crippen molar-refractivity contribution < 1.29 is 9.53 Å². The smallest absolute Gasteiger partial charge is 0.255 e. The fourth-order valence-electron chi connectivity index (χ4n) is 3.43. The maximum absolute atomic E-state index is 12.5. The predicted molar refractivity (Wildman–Crippen MR) is 89.4 cm³/mol. The molecule has 0 radical (unpaired) electrons. The summed E-state index contributed by atoms with van der Waals surface area (Å²) in [6, 6.07) is 3.78. The number of hydrogen-bond donors (Lipinski definition) is 1. The number of morpholine rings is 1. The standard InChI is InChI=1S/C18H27N3O2/c1-14-2-4-16(12-20-14)18(22)21-9-6-15(7-10-21)3-5-17-13-19-8-11-23-17/h2,4,12,15,17,19H,3,5-11,13H2,1H3. The highest BCUT2D eigenvalue weighted by molar-refractivity contribution is 5.93. The lowest BCUT2D eigenvalue weighted by atomic mass is 9.90. The van der Waals surface area contributed by atoms with Gasteiger partial charge in [0, 0.05) is 38.1 Å². The van der Waals surface area contributed by atoms with Crippen molar-refractivity contribution in [2.75, 3.05) is 32.8 Å². The molecule has 0 bridgehead atoms. The van der Waals surface area contributed by atoms with Crippen molar-refractivity contribution in [3.8, 4) is 0 Å². The molecule has 2 aliphatic rings. The van der Waals surface area contributed by atoms with E-state index in [1.54, 1.807) is 6.20 Å². The van der Waals surface area contributed by atoms with Gasteiger partial charge < -0.3 is 15.0 Å².